The molecule has 6 heteroatoms. The zero-order valence-corrected chi connectivity index (χ0v) is 19.7. The molecule has 2 N–H and O–H groups in total. The number of rotatable bonds is 6. The minimum Gasteiger partial charge on any atom is -0.485 e. The Bertz CT molecular complexity index is 1250. The predicted octanol–water partition coefficient (Wildman–Crippen LogP) is 5.70. The van der Waals surface area contributed by atoms with Crippen molar-refractivity contribution in [1.29, 1.82) is 0 Å². The number of carbonyl (C=O) groups is 2. The number of benzene rings is 3. The van der Waals surface area contributed by atoms with Gasteiger partial charge in [0.15, 0.2) is 0 Å². The van der Waals surface area contributed by atoms with E-state index in [4.69, 9.17) is 16.3 Å². The molecule has 0 unspecified atom stereocenters. The molecule has 2 atom stereocenters. The minimum atomic E-state index is -0.407. The van der Waals surface area contributed by atoms with Gasteiger partial charge in [0.25, 0.3) is 11.8 Å². The van der Waals surface area contributed by atoms with Gasteiger partial charge in [-0.25, -0.2) is 0 Å². The second kappa shape index (κ2) is 10.4. The first kappa shape index (κ1) is 23.3. The SMILES string of the molecule is C[C@@H]1Oc2ccccc2C=C1/C=C(\NC(=O)c1ccc(Cl)cc1)C(=O)N[C@H](C)c1ccccc1. The number of hydrogen-bond donors (Lipinski definition) is 2. The highest BCUT2D eigenvalue weighted by molar-refractivity contribution is 6.30. The van der Waals surface area contributed by atoms with Gasteiger partial charge in [0.05, 0.1) is 6.04 Å². The van der Waals surface area contributed by atoms with Gasteiger partial charge < -0.3 is 15.4 Å². The van der Waals surface area contributed by atoms with Crippen LogP contribution in [0.5, 0.6) is 5.75 Å². The van der Waals surface area contributed by atoms with E-state index in [2.05, 4.69) is 10.6 Å². The molecule has 0 saturated heterocycles. The molecule has 3 aromatic carbocycles. The third kappa shape index (κ3) is 5.56. The Morgan fingerprint density at radius 2 is 1.65 bits per heavy atom. The quantitative estimate of drug-likeness (QED) is 0.452. The van der Waals surface area contributed by atoms with Crippen molar-refractivity contribution < 1.29 is 14.3 Å². The van der Waals surface area contributed by atoms with E-state index in [1.54, 1.807) is 30.3 Å². The highest BCUT2D eigenvalue weighted by Gasteiger charge is 2.22. The summed E-state index contributed by atoms with van der Waals surface area (Å²) >= 11 is 5.95. The smallest absolute Gasteiger partial charge is 0.268 e. The van der Waals surface area contributed by atoms with Crippen molar-refractivity contribution in [2.45, 2.75) is 26.0 Å². The third-order valence-corrected chi connectivity index (χ3v) is 5.82. The van der Waals surface area contributed by atoms with Gasteiger partial charge in [0, 0.05) is 16.1 Å². The Labute approximate surface area is 204 Å². The molecule has 2 amide bonds. The first-order valence-electron chi connectivity index (χ1n) is 11.0. The molecule has 5 nitrogen and oxygen atoms in total. The third-order valence-electron chi connectivity index (χ3n) is 5.57. The second-order valence-corrected chi connectivity index (χ2v) is 8.50. The van der Waals surface area contributed by atoms with Gasteiger partial charge in [-0.1, -0.05) is 60.1 Å². The fourth-order valence-corrected chi connectivity index (χ4v) is 3.77. The van der Waals surface area contributed by atoms with Gasteiger partial charge in [-0.05, 0) is 67.5 Å². The zero-order valence-electron chi connectivity index (χ0n) is 18.9. The molecule has 3 aromatic rings. The largest absolute Gasteiger partial charge is 0.485 e. The predicted molar refractivity (Wildman–Crippen MR) is 135 cm³/mol. The number of amides is 2. The first-order valence-corrected chi connectivity index (χ1v) is 11.4. The fourth-order valence-electron chi connectivity index (χ4n) is 3.64. The highest BCUT2D eigenvalue weighted by atomic mass is 35.5. The van der Waals surface area contributed by atoms with E-state index >= 15 is 0 Å². The summed E-state index contributed by atoms with van der Waals surface area (Å²) in [5.74, 6) is -0.0255. The summed E-state index contributed by atoms with van der Waals surface area (Å²) in [6, 6.07) is 23.6. The molecule has 0 aromatic heterocycles. The van der Waals surface area contributed by atoms with Crippen LogP contribution in [-0.2, 0) is 4.79 Å². The molecule has 172 valence electrons. The van der Waals surface area contributed by atoms with Gasteiger partial charge in [0.1, 0.15) is 17.6 Å². The molecule has 0 radical (unpaired) electrons. The summed E-state index contributed by atoms with van der Waals surface area (Å²) in [6.07, 6.45) is 3.34. The molecule has 0 bridgehead atoms. The lowest BCUT2D eigenvalue weighted by molar-refractivity contribution is -0.118. The Kier molecular flexibility index (Phi) is 7.14. The van der Waals surface area contributed by atoms with Crippen molar-refractivity contribution in [1.82, 2.24) is 10.6 Å². The summed E-state index contributed by atoms with van der Waals surface area (Å²) < 4.78 is 6.01. The van der Waals surface area contributed by atoms with Crippen molar-refractivity contribution >= 4 is 29.5 Å². The summed E-state index contributed by atoms with van der Waals surface area (Å²) in [5.41, 5.74) is 3.16. The van der Waals surface area contributed by atoms with Crippen molar-refractivity contribution in [3.63, 3.8) is 0 Å². The minimum absolute atomic E-state index is 0.129. The number of carbonyl (C=O) groups excluding carboxylic acids is 2. The fraction of sp³-hybridized carbons (Fsp3) is 0.143. The molecule has 1 heterocycles. The highest BCUT2D eigenvalue weighted by Crippen LogP contribution is 2.30. The lowest BCUT2D eigenvalue weighted by Gasteiger charge is -2.24. The maximum atomic E-state index is 13.3. The Morgan fingerprint density at radius 1 is 0.971 bits per heavy atom. The summed E-state index contributed by atoms with van der Waals surface area (Å²) in [5, 5.41) is 6.27. The van der Waals surface area contributed by atoms with Crippen molar-refractivity contribution in [3.05, 3.63) is 118 Å². The van der Waals surface area contributed by atoms with Gasteiger partial charge in [-0.15, -0.1) is 0 Å². The molecular formula is C28H25ClN2O3. The van der Waals surface area contributed by atoms with E-state index in [1.165, 1.54) is 0 Å². The van der Waals surface area contributed by atoms with Crippen LogP contribution in [0.25, 0.3) is 6.08 Å². The molecule has 0 fully saturated rings. The summed E-state index contributed by atoms with van der Waals surface area (Å²) in [4.78, 5) is 26.2. The lowest BCUT2D eigenvalue weighted by Crippen LogP contribution is -2.36. The van der Waals surface area contributed by atoms with Gasteiger partial charge >= 0.3 is 0 Å². The van der Waals surface area contributed by atoms with E-state index in [-0.39, 0.29) is 17.8 Å². The van der Waals surface area contributed by atoms with Crippen LogP contribution < -0.4 is 15.4 Å². The van der Waals surface area contributed by atoms with Crippen LogP contribution in [0.2, 0.25) is 5.02 Å². The number of nitrogens with one attached hydrogen (secondary N) is 2. The van der Waals surface area contributed by atoms with E-state index in [0.717, 1.165) is 22.4 Å². The average Bonchev–Trinajstić information content (AvgIpc) is 2.84. The molecule has 4 rings (SSSR count). The zero-order chi connectivity index (χ0) is 24.1. The topological polar surface area (TPSA) is 67.4 Å². The van der Waals surface area contributed by atoms with E-state index < -0.39 is 11.8 Å². The summed E-state index contributed by atoms with van der Waals surface area (Å²) in [6.45, 7) is 3.80. The van der Waals surface area contributed by atoms with Crippen LogP contribution in [0.15, 0.2) is 96.2 Å². The monoisotopic (exact) mass is 472 g/mol. The number of halogens is 1. The number of hydrogen-bond acceptors (Lipinski definition) is 3. The number of para-hydroxylation sites is 1. The van der Waals surface area contributed by atoms with E-state index in [1.807, 2.05) is 74.5 Å². The van der Waals surface area contributed by atoms with Crippen LogP contribution in [0.1, 0.15) is 41.4 Å². The Hall–Kier alpha value is -3.83. The maximum Gasteiger partial charge on any atom is 0.268 e. The molecular weight excluding hydrogens is 448 g/mol. The molecule has 1 aliphatic heterocycles. The average molecular weight is 473 g/mol. The number of ether oxygens (including phenoxy) is 1. The summed E-state index contributed by atoms with van der Waals surface area (Å²) in [7, 11) is 0. The van der Waals surface area contributed by atoms with E-state index in [0.29, 0.717) is 10.6 Å². The maximum absolute atomic E-state index is 13.3. The molecule has 0 saturated carbocycles. The van der Waals surface area contributed by atoms with Crippen LogP contribution in [0.4, 0.5) is 0 Å². The lowest BCUT2D eigenvalue weighted by atomic mass is 10.0. The molecule has 1 aliphatic rings. The number of fused-ring (bicyclic) bond motifs is 1. The standard InChI is InChI=1S/C28H25ClN2O3/c1-18(20-8-4-3-5-9-20)30-28(33)25(31-27(32)21-12-14-24(29)15-13-21)17-23-16-22-10-6-7-11-26(22)34-19(23)2/h3-19H,1-2H3,(H,30,33)(H,31,32)/b25-17-/t18-,19+/m1/s1. The van der Waals surface area contributed by atoms with Crippen molar-refractivity contribution in [2.24, 2.45) is 0 Å². The van der Waals surface area contributed by atoms with Crippen molar-refractivity contribution in [3.8, 4) is 5.75 Å². The normalized spacial score (nSPS) is 15.9. The molecule has 0 aliphatic carbocycles. The second-order valence-electron chi connectivity index (χ2n) is 8.07. The van der Waals surface area contributed by atoms with Crippen LogP contribution >= 0.6 is 11.6 Å². The van der Waals surface area contributed by atoms with Gasteiger partial charge in [0.2, 0.25) is 0 Å². The first-order chi connectivity index (χ1) is 16.4. The Balaban J connectivity index is 1.64. The van der Waals surface area contributed by atoms with E-state index in [9.17, 15) is 9.59 Å². The molecule has 0 spiro atoms. The van der Waals surface area contributed by atoms with Crippen LogP contribution in [0.3, 0.4) is 0 Å². The van der Waals surface area contributed by atoms with Crippen LogP contribution in [0, 0.1) is 0 Å². The van der Waals surface area contributed by atoms with Gasteiger partial charge in [-0.3, -0.25) is 9.59 Å². The Morgan fingerprint density at radius 3 is 2.38 bits per heavy atom. The van der Waals surface area contributed by atoms with Gasteiger partial charge in [-0.2, -0.15) is 0 Å². The van der Waals surface area contributed by atoms with Crippen molar-refractivity contribution in [2.75, 3.05) is 0 Å². The molecule has 34 heavy (non-hydrogen) atoms. The van der Waals surface area contributed by atoms with Crippen LogP contribution in [-0.4, -0.2) is 17.9 Å².